The Hall–Kier alpha value is -2.56. The summed E-state index contributed by atoms with van der Waals surface area (Å²) in [5, 5.41) is 12.0. The van der Waals surface area contributed by atoms with Crippen molar-refractivity contribution < 1.29 is 28.8 Å². The highest BCUT2D eigenvalue weighted by Gasteiger charge is 2.25. The second kappa shape index (κ2) is 9.67. The van der Waals surface area contributed by atoms with E-state index >= 15 is 0 Å². The van der Waals surface area contributed by atoms with Crippen molar-refractivity contribution in [1.29, 1.82) is 0 Å². The Morgan fingerprint density at radius 2 is 2.16 bits per heavy atom. The number of hydrogen-bond donors (Lipinski definition) is 1. The summed E-state index contributed by atoms with van der Waals surface area (Å²) >= 11 is 0. The SMILES string of the molecule is COC(OC(C)c1ccc(N)cc1[N+](=O)[O-])ON(C)C(=O)CCC=O. The molecule has 2 atom stereocenters. The Morgan fingerprint density at radius 3 is 2.72 bits per heavy atom. The molecule has 0 saturated heterocycles. The molecule has 0 aliphatic heterocycles. The van der Waals surface area contributed by atoms with Crippen molar-refractivity contribution in [2.45, 2.75) is 32.3 Å². The molecule has 1 amide bonds. The van der Waals surface area contributed by atoms with Crippen molar-refractivity contribution in [3.8, 4) is 0 Å². The molecule has 138 valence electrons. The molecular formula is C15H21N3O7. The van der Waals surface area contributed by atoms with Gasteiger partial charge in [0.25, 0.3) is 12.2 Å². The summed E-state index contributed by atoms with van der Waals surface area (Å²) in [5.74, 6) is -0.441. The lowest BCUT2D eigenvalue weighted by Gasteiger charge is -2.25. The van der Waals surface area contributed by atoms with E-state index in [-0.39, 0.29) is 29.8 Å². The highest BCUT2D eigenvalue weighted by Crippen LogP contribution is 2.30. The maximum atomic E-state index is 11.7. The van der Waals surface area contributed by atoms with Gasteiger partial charge in [-0.25, -0.2) is 9.90 Å². The van der Waals surface area contributed by atoms with Gasteiger partial charge in [-0.15, -0.1) is 0 Å². The third kappa shape index (κ3) is 6.10. The first-order chi connectivity index (χ1) is 11.8. The molecule has 1 aromatic carbocycles. The van der Waals surface area contributed by atoms with Crippen LogP contribution >= 0.6 is 0 Å². The van der Waals surface area contributed by atoms with E-state index in [4.69, 9.17) is 20.0 Å². The first-order valence-electron chi connectivity index (χ1n) is 7.39. The van der Waals surface area contributed by atoms with E-state index < -0.39 is 23.4 Å². The second-order valence-corrected chi connectivity index (χ2v) is 5.08. The topological polar surface area (TPSA) is 134 Å². The van der Waals surface area contributed by atoms with Gasteiger partial charge in [0.15, 0.2) is 0 Å². The number of nitro groups is 1. The molecule has 2 N–H and O–H groups in total. The van der Waals surface area contributed by atoms with Crippen LogP contribution in [0.4, 0.5) is 11.4 Å². The van der Waals surface area contributed by atoms with Gasteiger partial charge in [0.2, 0.25) is 5.91 Å². The van der Waals surface area contributed by atoms with Gasteiger partial charge in [-0.3, -0.25) is 14.9 Å². The van der Waals surface area contributed by atoms with E-state index in [1.54, 1.807) is 6.92 Å². The monoisotopic (exact) mass is 355 g/mol. The van der Waals surface area contributed by atoms with Gasteiger partial charge >= 0.3 is 0 Å². The Morgan fingerprint density at radius 1 is 1.48 bits per heavy atom. The number of rotatable bonds is 10. The molecule has 10 nitrogen and oxygen atoms in total. The maximum Gasteiger partial charge on any atom is 0.294 e. The fourth-order valence-corrected chi connectivity index (χ4v) is 1.95. The van der Waals surface area contributed by atoms with Gasteiger partial charge in [-0.2, -0.15) is 0 Å². The summed E-state index contributed by atoms with van der Waals surface area (Å²) in [6, 6.07) is 4.22. The zero-order valence-corrected chi connectivity index (χ0v) is 14.2. The summed E-state index contributed by atoms with van der Waals surface area (Å²) < 4.78 is 10.5. The predicted molar refractivity (Wildman–Crippen MR) is 87.0 cm³/mol. The summed E-state index contributed by atoms with van der Waals surface area (Å²) in [6.07, 6.45) is -0.100. The molecule has 0 aromatic heterocycles. The average Bonchev–Trinajstić information content (AvgIpc) is 2.58. The molecule has 0 aliphatic carbocycles. The fraction of sp³-hybridized carbons (Fsp3) is 0.467. The van der Waals surface area contributed by atoms with E-state index in [1.807, 2.05) is 0 Å². The van der Waals surface area contributed by atoms with Crippen molar-refractivity contribution in [2.24, 2.45) is 0 Å². The van der Waals surface area contributed by atoms with Crippen LogP contribution in [0.2, 0.25) is 0 Å². The third-order valence-electron chi connectivity index (χ3n) is 3.27. The summed E-state index contributed by atoms with van der Waals surface area (Å²) in [6.45, 7) is 0.291. The van der Waals surface area contributed by atoms with Crippen LogP contribution in [0.15, 0.2) is 18.2 Å². The van der Waals surface area contributed by atoms with Crippen LogP contribution in [0.25, 0.3) is 0 Å². The molecule has 10 heteroatoms. The molecule has 0 spiro atoms. The normalized spacial score (nSPS) is 13.1. The number of carbonyl (C=O) groups excluding carboxylic acids is 2. The molecule has 0 fully saturated rings. The van der Waals surface area contributed by atoms with Crippen molar-refractivity contribution >= 4 is 23.6 Å². The first kappa shape index (κ1) is 20.5. The van der Waals surface area contributed by atoms with E-state index in [1.165, 1.54) is 32.4 Å². The maximum absolute atomic E-state index is 11.7. The molecule has 0 aliphatic rings. The van der Waals surface area contributed by atoms with Crippen molar-refractivity contribution in [2.75, 3.05) is 19.9 Å². The largest absolute Gasteiger partial charge is 0.399 e. The lowest BCUT2D eigenvalue weighted by atomic mass is 10.1. The van der Waals surface area contributed by atoms with Crippen molar-refractivity contribution in [3.05, 3.63) is 33.9 Å². The van der Waals surface area contributed by atoms with Gasteiger partial charge in [0.05, 0.1) is 16.6 Å². The average molecular weight is 355 g/mol. The minimum atomic E-state index is -1.28. The molecular weight excluding hydrogens is 334 g/mol. The molecule has 1 aromatic rings. The molecule has 1 rings (SSSR count). The van der Waals surface area contributed by atoms with Crippen molar-refractivity contribution in [3.63, 3.8) is 0 Å². The number of hydrogen-bond acceptors (Lipinski definition) is 8. The second-order valence-electron chi connectivity index (χ2n) is 5.08. The number of amides is 1. The van der Waals surface area contributed by atoms with Crippen molar-refractivity contribution in [1.82, 2.24) is 5.06 Å². The van der Waals surface area contributed by atoms with Crippen LogP contribution in [0.1, 0.15) is 31.4 Å². The zero-order valence-electron chi connectivity index (χ0n) is 14.2. The molecule has 25 heavy (non-hydrogen) atoms. The lowest BCUT2D eigenvalue weighted by molar-refractivity contribution is -0.388. The number of anilines is 1. The molecule has 0 saturated carbocycles. The van der Waals surface area contributed by atoms with Gasteiger partial charge < -0.3 is 20.0 Å². The first-order valence-corrected chi connectivity index (χ1v) is 7.39. The van der Waals surface area contributed by atoms with E-state index in [9.17, 15) is 19.7 Å². The number of nitrogens with zero attached hydrogens (tertiary/aromatic N) is 2. The van der Waals surface area contributed by atoms with Gasteiger partial charge in [0, 0.05) is 38.8 Å². The Labute approximate surface area is 144 Å². The number of methoxy groups -OCH3 is 1. The minimum absolute atomic E-state index is 0.0184. The number of aldehydes is 1. The predicted octanol–water partition coefficient (Wildman–Crippen LogP) is 1.55. The Kier molecular flexibility index (Phi) is 7.92. The number of hydroxylamine groups is 2. The number of ether oxygens (including phenoxy) is 2. The number of nitrogens with two attached hydrogens (primary N) is 1. The molecule has 0 radical (unpaired) electrons. The Balaban J connectivity index is 2.79. The molecule has 0 heterocycles. The van der Waals surface area contributed by atoms with Gasteiger partial charge in [0.1, 0.15) is 6.29 Å². The van der Waals surface area contributed by atoms with Crippen LogP contribution < -0.4 is 5.73 Å². The molecule has 0 bridgehead atoms. The fourth-order valence-electron chi connectivity index (χ4n) is 1.95. The van der Waals surface area contributed by atoms with Gasteiger partial charge in [-0.1, -0.05) is 0 Å². The highest BCUT2D eigenvalue weighted by atomic mass is 16.9. The zero-order chi connectivity index (χ0) is 19.0. The Bertz CT molecular complexity index is 623. The highest BCUT2D eigenvalue weighted by molar-refractivity contribution is 5.77. The summed E-state index contributed by atoms with van der Waals surface area (Å²) in [5.41, 5.74) is 5.90. The summed E-state index contributed by atoms with van der Waals surface area (Å²) in [7, 11) is 2.64. The lowest BCUT2D eigenvalue weighted by Crippen LogP contribution is -2.34. The van der Waals surface area contributed by atoms with E-state index in [0.717, 1.165) is 5.06 Å². The number of carbonyl (C=O) groups is 2. The smallest absolute Gasteiger partial charge is 0.294 e. The van der Waals surface area contributed by atoms with Crippen LogP contribution in [-0.4, -0.2) is 42.8 Å². The quantitative estimate of drug-likeness (QED) is 0.220. The van der Waals surface area contributed by atoms with E-state index in [2.05, 4.69) is 0 Å². The van der Waals surface area contributed by atoms with Crippen LogP contribution in [-0.2, 0) is 23.9 Å². The van der Waals surface area contributed by atoms with Gasteiger partial charge in [-0.05, 0) is 19.1 Å². The minimum Gasteiger partial charge on any atom is -0.399 e. The number of benzene rings is 1. The molecule has 2 unspecified atom stereocenters. The van der Waals surface area contributed by atoms with Crippen LogP contribution in [0.3, 0.4) is 0 Å². The summed E-state index contributed by atoms with van der Waals surface area (Å²) in [4.78, 5) is 37.8. The van der Waals surface area contributed by atoms with Crippen LogP contribution in [0, 0.1) is 10.1 Å². The van der Waals surface area contributed by atoms with Crippen LogP contribution in [0.5, 0.6) is 0 Å². The number of nitrogen functional groups attached to an aromatic ring is 1. The number of nitro benzene ring substituents is 1. The standard InChI is InChI=1S/C15H21N3O7/c1-10(12-7-6-11(16)9-13(12)18(21)22)24-15(23-3)25-17(2)14(20)5-4-8-19/h6-10,15H,4-5,16H2,1-3H3. The third-order valence-corrected chi connectivity index (χ3v) is 3.27. The van der Waals surface area contributed by atoms with E-state index in [0.29, 0.717) is 6.29 Å².